The van der Waals surface area contributed by atoms with Crippen LogP contribution in [0, 0.1) is 13.8 Å². The van der Waals surface area contributed by atoms with Crippen LogP contribution >= 0.6 is 0 Å². The average molecular weight is 320 g/mol. The van der Waals surface area contributed by atoms with E-state index in [2.05, 4.69) is 25.4 Å². The first-order valence-electron chi connectivity index (χ1n) is 6.26. The summed E-state index contributed by atoms with van der Waals surface area (Å²) in [7, 11) is -3.78. The summed E-state index contributed by atoms with van der Waals surface area (Å²) in [5, 5.41) is 14.5. The minimum atomic E-state index is -3.78. The summed E-state index contributed by atoms with van der Waals surface area (Å²) < 4.78 is 33.7. The number of nitrogens with zero attached hydrogens (tertiary/aromatic N) is 5. The van der Waals surface area contributed by atoms with Crippen molar-refractivity contribution < 1.29 is 12.9 Å². The van der Waals surface area contributed by atoms with Crippen LogP contribution in [-0.4, -0.2) is 33.8 Å². The summed E-state index contributed by atoms with van der Waals surface area (Å²) >= 11 is 0. The van der Waals surface area contributed by atoms with Crippen molar-refractivity contribution in [1.82, 2.24) is 25.4 Å². The molecule has 0 amide bonds. The molecule has 2 heterocycles. The van der Waals surface area contributed by atoms with Gasteiger partial charge in [-0.1, -0.05) is 11.2 Å². The fraction of sp³-hybridized carbons (Fsp3) is 0.167. The van der Waals surface area contributed by atoms with Gasteiger partial charge in [-0.05, 0) is 42.5 Å². The van der Waals surface area contributed by atoms with E-state index in [0.717, 1.165) is 0 Å². The van der Waals surface area contributed by atoms with Crippen LogP contribution in [0.3, 0.4) is 0 Å². The van der Waals surface area contributed by atoms with Gasteiger partial charge in [0.2, 0.25) is 0 Å². The summed E-state index contributed by atoms with van der Waals surface area (Å²) in [5.41, 5.74) is 1.32. The Morgan fingerprint density at radius 2 is 2.09 bits per heavy atom. The first-order valence-corrected chi connectivity index (χ1v) is 7.75. The normalized spacial score (nSPS) is 11.5. The third-order valence-corrected chi connectivity index (χ3v) is 4.57. The molecule has 0 aliphatic rings. The van der Waals surface area contributed by atoms with Crippen molar-refractivity contribution in [1.29, 1.82) is 0 Å². The van der Waals surface area contributed by atoms with Gasteiger partial charge in [-0.2, -0.15) is 0 Å². The molecule has 9 nitrogen and oxygen atoms in total. The minimum absolute atomic E-state index is 0.0420. The molecule has 1 aromatic carbocycles. The summed E-state index contributed by atoms with van der Waals surface area (Å²) in [5.74, 6) is 0.238. The zero-order chi connectivity index (χ0) is 15.7. The van der Waals surface area contributed by atoms with Crippen LogP contribution in [0.4, 0.5) is 5.69 Å². The lowest BCUT2D eigenvalue weighted by molar-refractivity contribution is 0.390. The fourth-order valence-electron chi connectivity index (χ4n) is 2.06. The van der Waals surface area contributed by atoms with E-state index >= 15 is 0 Å². The van der Waals surface area contributed by atoms with E-state index < -0.39 is 10.0 Å². The van der Waals surface area contributed by atoms with Gasteiger partial charge in [-0.3, -0.25) is 4.72 Å². The predicted octanol–water partition coefficient (Wildman–Crippen LogP) is 1.07. The first kappa shape index (κ1) is 14.2. The number of tetrazole rings is 1. The lowest BCUT2D eigenvalue weighted by Gasteiger charge is -2.08. The van der Waals surface area contributed by atoms with Gasteiger partial charge >= 0.3 is 0 Å². The maximum Gasteiger partial charge on any atom is 0.267 e. The molecule has 10 heteroatoms. The van der Waals surface area contributed by atoms with Crippen molar-refractivity contribution in [3.63, 3.8) is 0 Å². The predicted molar refractivity (Wildman–Crippen MR) is 75.9 cm³/mol. The Morgan fingerprint density at radius 1 is 1.27 bits per heavy atom. The van der Waals surface area contributed by atoms with Crippen LogP contribution in [0.25, 0.3) is 5.69 Å². The fourth-order valence-corrected chi connectivity index (χ4v) is 3.44. The van der Waals surface area contributed by atoms with Gasteiger partial charge in [-0.15, -0.1) is 5.10 Å². The molecule has 2 aromatic heterocycles. The largest absolute Gasteiger partial charge is 0.360 e. The molecule has 0 spiro atoms. The summed E-state index contributed by atoms with van der Waals surface area (Å²) in [6.07, 6.45) is 1.42. The second-order valence-electron chi connectivity index (χ2n) is 4.56. The van der Waals surface area contributed by atoms with Gasteiger partial charge in [0.15, 0.2) is 10.7 Å². The Labute approximate surface area is 126 Å². The number of rotatable bonds is 4. The van der Waals surface area contributed by atoms with E-state index in [-0.39, 0.29) is 10.7 Å². The average Bonchev–Trinajstić information content (AvgIpc) is 3.09. The number of sulfonamides is 1. The number of anilines is 1. The molecule has 0 aliphatic heterocycles. The molecule has 0 radical (unpaired) electrons. The SMILES string of the molecule is Cc1noc(C)c1S(=O)(=O)Nc1cccc(-n2cnnn2)c1. The Morgan fingerprint density at radius 3 is 2.73 bits per heavy atom. The highest BCUT2D eigenvalue weighted by Gasteiger charge is 2.24. The Balaban J connectivity index is 1.95. The van der Waals surface area contributed by atoms with Crippen molar-refractivity contribution >= 4 is 15.7 Å². The lowest BCUT2D eigenvalue weighted by atomic mass is 10.3. The number of aryl methyl sites for hydroxylation is 2. The lowest BCUT2D eigenvalue weighted by Crippen LogP contribution is -2.14. The van der Waals surface area contributed by atoms with Gasteiger partial charge in [0.1, 0.15) is 12.0 Å². The molecule has 0 unspecified atom stereocenters. The number of aromatic nitrogens is 5. The van der Waals surface area contributed by atoms with Crippen molar-refractivity contribution in [2.45, 2.75) is 18.7 Å². The molecular weight excluding hydrogens is 308 g/mol. The van der Waals surface area contributed by atoms with Crippen LogP contribution in [0.15, 0.2) is 40.0 Å². The monoisotopic (exact) mass is 320 g/mol. The molecule has 114 valence electrons. The number of benzene rings is 1. The highest BCUT2D eigenvalue weighted by atomic mass is 32.2. The molecule has 0 saturated carbocycles. The van der Waals surface area contributed by atoms with Crippen molar-refractivity contribution in [2.24, 2.45) is 0 Å². The second-order valence-corrected chi connectivity index (χ2v) is 6.18. The van der Waals surface area contributed by atoms with Gasteiger partial charge in [-0.25, -0.2) is 13.1 Å². The van der Waals surface area contributed by atoms with Crippen molar-refractivity contribution in [3.8, 4) is 5.69 Å². The molecule has 3 rings (SSSR count). The Kier molecular flexibility index (Phi) is 3.37. The third-order valence-electron chi connectivity index (χ3n) is 2.95. The minimum Gasteiger partial charge on any atom is -0.360 e. The summed E-state index contributed by atoms with van der Waals surface area (Å²) in [6.45, 7) is 3.12. The third kappa shape index (κ3) is 2.55. The molecule has 0 aliphatic carbocycles. The zero-order valence-electron chi connectivity index (χ0n) is 11.8. The smallest absolute Gasteiger partial charge is 0.267 e. The standard InChI is InChI=1S/C12H12N6O3S/c1-8-12(9(2)21-14-8)22(19,20)15-10-4-3-5-11(6-10)18-7-13-16-17-18/h3-7,15H,1-2H3. The van der Waals surface area contributed by atoms with Gasteiger partial charge in [0, 0.05) is 0 Å². The van der Waals surface area contributed by atoms with Gasteiger partial charge in [0.25, 0.3) is 10.0 Å². The van der Waals surface area contributed by atoms with Crippen LogP contribution < -0.4 is 4.72 Å². The molecule has 22 heavy (non-hydrogen) atoms. The summed E-state index contributed by atoms with van der Waals surface area (Å²) in [4.78, 5) is 0.0420. The highest BCUT2D eigenvalue weighted by Crippen LogP contribution is 2.23. The van der Waals surface area contributed by atoms with E-state index in [0.29, 0.717) is 17.1 Å². The molecule has 0 saturated heterocycles. The molecule has 0 bridgehead atoms. The number of hydrogen-bond acceptors (Lipinski definition) is 7. The molecule has 3 aromatic rings. The molecular formula is C12H12N6O3S. The maximum absolute atomic E-state index is 12.4. The highest BCUT2D eigenvalue weighted by molar-refractivity contribution is 7.92. The second kappa shape index (κ2) is 5.22. The Bertz CT molecular complexity index is 881. The number of hydrogen-bond donors (Lipinski definition) is 1. The van der Waals surface area contributed by atoms with E-state index in [9.17, 15) is 8.42 Å². The molecule has 0 fully saturated rings. The van der Waals surface area contributed by atoms with E-state index in [1.165, 1.54) is 11.0 Å². The topological polar surface area (TPSA) is 116 Å². The van der Waals surface area contributed by atoms with E-state index in [4.69, 9.17) is 4.52 Å². The van der Waals surface area contributed by atoms with Crippen LogP contribution in [-0.2, 0) is 10.0 Å². The quantitative estimate of drug-likeness (QED) is 0.764. The van der Waals surface area contributed by atoms with Gasteiger partial charge in [0.05, 0.1) is 11.4 Å². The van der Waals surface area contributed by atoms with Crippen LogP contribution in [0.1, 0.15) is 11.5 Å². The van der Waals surface area contributed by atoms with Crippen LogP contribution in [0.5, 0.6) is 0 Å². The molecule has 1 N–H and O–H groups in total. The zero-order valence-corrected chi connectivity index (χ0v) is 12.6. The first-order chi connectivity index (χ1) is 10.5. The Hall–Kier alpha value is -2.75. The number of nitrogens with one attached hydrogen (secondary N) is 1. The maximum atomic E-state index is 12.4. The molecule has 0 atom stereocenters. The van der Waals surface area contributed by atoms with Crippen LogP contribution in [0.2, 0.25) is 0 Å². The van der Waals surface area contributed by atoms with E-state index in [1.807, 2.05) is 0 Å². The van der Waals surface area contributed by atoms with Crippen molar-refractivity contribution in [2.75, 3.05) is 4.72 Å². The summed E-state index contributed by atoms with van der Waals surface area (Å²) in [6, 6.07) is 6.70. The van der Waals surface area contributed by atoms with E-state index in [1.54, 1.807) is 38.1 Å². The van der Waals surface area contributed by atoms with Gasteiger partial charge < -0.3 is 4.52 Å². The van der Waals surface area contributed by atoms with Crippen molar-refractivity contribution in [3.05, 3.63) is 42.0 Å².